The summed E-state index contributed by atoms with van der Waals surface area (Å²) in [5.41, 5.74) is 4.20. The number of hydrogen-bond donors (Lipinski definition) is 0. The van der Waals surface area contributed by atoms with Gasteiger partial charge >= 0.3 is 5.72 Å². The summed E-state index contributed by atoms with van der Waals surface area (Å²) in [5, 5.41) is 7.01. The van der Waals surface area contributed by atoms with Crippen LogP contribution in [0.3, 0.4) is 0 Å². The van der Waals surface area contributed by atoms with Gasteiger partial charge in [0.25, 0.3) is 5.91 Å². The number of ether oxygens (including phenoxy) is 2. The number of carbonyl (C=O) groups excluding carboxylic acids is 1. The average Bonchev–Trinajstić information content (AvgIpc) is 3.50. The van der Waals surface area contributed by atoms with Crippen molar-refractivity contribution in [3.8, 4) is 11.5 Å². The fraction of sp³-hybridized carbons (Fsp3) is 0.161. The second-order valence-electron chi connectivity index (χ2n) is 9.66. The second-order valence-corrected chi connectivity index (χ2v) is 10.6. The maximum atomic E-state index is 14.6. The van der Waals surface area contributed by atoms with Gasteiger partial charge in [-0.05, 0) is 59.7 Å². The Labute approximate surface area is 229 Å². The highest BCUT2D eigenvalue weighted by atomic mass is 79.9. The van der Waals surface area contributed by atoms with Crippen LogP contribution in [0.4, 0.5) is 5.69 Å². The highest BCUT2D eigenvalue weighted by Crippen LogP contribution is 2.56. The maximum Gasteiger partial charge on any atom is 0.306 e. The van der Waals surface area contributed by atoms with Crippen LogP contribution < -0.4 is 14.4 Å². The SMILES string of the molecule is COc1ccc(C2=NN3C(C2)c2cc(Br)ccc2OC32C(=O)N(Cc3ccccc3)c3ccccc32)cc1. The van der Waals surface area contributed by atoms with E-state index >= 15 is 0 Å². The Kier molecular flexibility index (Phi) is 5.30. The molecule has 0 fully saturated rings. The lowest BCUT2D eigenvalue weighted by atomic mass is 9.92. The van der Waals surface area contributed by atoms with E-state index in [4.69, 9.17) is 14.6 Å². The minimum atomic E-state index is -1.40. The van der Waals surface area contributed by atoms with E-state index in [1.165, 1.54) is 0 Å². The zero-order valence-corrected chi connectivity index (χ0v) is 22.3. The summed E-state index contributed by atoms with van der Waals surface area (Å²) in [6.07, 6.45) is 0.648. The highest BCUT2D eigenvalue weighted by molar-refractivity contribution is 9.10. The molecule has 0 aromatic heterocycles. The normalized spacial score (nSPS) is 21.1. The molecule has 2 atom stereocenters. The molecule has 0 aliphatic carbocycles. The molecular formula is C31H24BrN3O3. The van der Waals surface area contributed by atoms with E-state index in [9.17, 15) is 4.79 Å². The average molecular weight is 566 g/mol. The van der Waals surface area contributed by atoms with E-state index in [0.717, 1.165) is 43.9 Å². The molecule has 0 saturated heterocycles. The van der Waals surface area contributed by atoms with Gasteiger partial charge in [0.15, 0.2) is 0 Å². The van der Waals surface area contributed by atoms with Gasteiger partial charge in [0.2, 0.25) is 0 Å². The third-order valence-electron chi connectivity index (χ3n) is 7.52. The summed E-state index contributed by atoms with van der Waals surface area (Å²) in [6, 6.07) is 31.6. The first-order valence-electron chi connectivity index (χ1n) is 12.5. The molecular weight excluding hydrogens is 542 g/mol. The largest absolute Gasteiger partial charge is 0.497 e. The van der Waals surface area contributed by atoms with Gasteiger partial charge < -0.3 is 14.4 Å². The Balaban J connectivity index is 1.39. The Hall–Kier alpha value is -4.10. The molecule has 4 aromatic rings. The number of halogens is 1. The highest BCUT2D eigenvalue weighted by Gasteiger charge is 2.63. The van der Waals surface area contributed by atoms with Crippen LogP contribution in [0.1, 0.15) is 34.7 Å². The van der Waals surface area contributed by atoms with E-state index in [0.29, 0.717) is 18.7 Å². The topological polar surface area (TPSA) is 54.4 Å². The first kappa shape index (κ1) is 23.0. The van der Waals surface area contributed by atoms with Gasteiger partial charge in [-0.2, -0.15) is 5.10 Å². The number of para-hydroxylation sites is 1. The van der Waals surface area contributed by atoms with E-state index in [-0.39, 0.29) is 11.9 Å². The van der Waals surface area contributed by atoms with Gasteiger partial charge in [-0.1, -0.05) is 64.5 Å². The van der Waals surface area contributed by atoms with Gasteiger partial charge in [0.05, 0.1) is 36.7 Å². The lowest BCUT2D eigenvalue weighted by Crippen LogP contribution is -2.57. The summed E-state index contributed by atoms with van der Waals surface area (Å²) in [7, 11) is 1.66. The molecule has 3 aliphatic rings. The zero-order chi connectivity index (χ0) is 25.9. The number of benzene rings is 4. The molecule has 3 heterocycles. The summed E-state index contributed by atoms with van der Waals surface area (Å²) in [4.78, 5) is 16.4. The molecule has 0 bridgehead atoms. The summed E-state index contributed by atoms with van der Waals surface area (Å²) in [5.74, 6) is 1.35. The van der Waals surface area contributed by atoms with Crippen LogP contribution in [0.5, 0.6) is 11.5 Å². The summed E-state index contributed by atoms with van der Waals surface area (Å²) < 4.78 is 13.1. The van der Waals surface area contributed by atoms with Gasteiger partial charge in [0.1, 0.15) is 11.5 Å². The van der Waals surface area contributed by atoms with Gasteiger partial charge in [-0.15, -0.1) is 0 Å². The molecule has 6 nitrogen and oxygen atoms in total. The third kappa shape index (κ3) is 3.38. The molecule has 7 heteroatoms. The molecule has 188 valence electrons. The monoisotopic (exact) mass is 565 g/mol. The van der Waals surface area contributed by atoms with Gasteiger partial charge in [-0.25, -0.2) is 5.01 Å². The number of fused-ring (bicyclic) bond motifs is 6. The molecule has 1 spiro atoms. The molecule has 1 amide bonds. The van der Waals surface area contributed by atoms with E-state index in [1.807, 2.05) is 101 Å². The number of methoxy groups -OCH3 is 1. The van der Waals surface area contributed by atoms with Crippen molar-refractivity contribution in [1.82, 2.24) is 5.01 Å². The molecule has 7 rings (SSSR count). The third-order valence-corrected chi connectivity index (χ3v) is 8.02. The predicted octanol–water partition coefficient (Wildman–Crippen LogP) is 6.40. The Morgan fingerprint density at radius 1 is 1.00 bits per heavy atom. The van der Waals surface area contributed by atoms with Crippen molar-refractivity contribution in [3.63, 3.8) is 0 Å². The molecule has 38 heavy (non-hydrogen) atoms. The minimum absolute atomic E-state index is 0.138. The number of hydrazone groups is 1. The summed E-state index contributed by atoms with van der Waals surface area (Å²) in [6.45, 7) is 0.447. The lowest BCUT2D eigenvalue weighted by molar-refractivity contribution is -0.164. The first-order valence-corrected chi connectivity index (χ1v) is 13.3. The van der Waals surface area contributed by atoms with E-state index in [2.05, 4.69) is 22.0 Å². The zero-order valence-electron chi connectivity index (χ0n) is 20.7. The van der Waals surface area contributed by atoms with Crippen LogP contribution in [0.15, 0.2) is 107 Å². The second kappa shape index (κ2) is 8.74. The molecule has 0 radical (unpaired) electrons. The Bertz CT molecular complexity index is 1590. The number of rotatable bonds is 4. The smallest absolute Gasteiger partial charge is 0.306 e. The quantitative estimate of drug-likeness (QED) is 0.287. The van der Waals surface area contributed by atoms with E-state index in [1.54, 1.807) is 7.11 Å². The number of nitrogens with zero attached hydrogens (tertiary/aromatic N) is 3. The van der Waals surface area contributed by atoms with Crippen LogP contribution in [-0.4, -0.2) is 23.7 Å². The molecule has 0 saturated carbocycles. The summed E-state index contributed by atoms with van der Waals surface area (Å²) >= 11 is 3.62. The molecule has 0 N–H and O–H groups in total. The number of hydrogen-bond acceptors (Lipinski definition) is 5. The fourth-order valence-corrected chi connectivity index (χ4v) is 6.10. The molecule has 2 unspecified atom stereocenters. The molecule has 3 aliphatic heterocycles. The van der Waals surface area contributed by atoms with Crippen LogP contribution in [0.2, 0.25) is 0 Å². The minimum Gasteiger partial charge on any atom is -0.497 e. The molecule has 4 aromatic carbocycles. The maximum absolute atomic E-state index is 14.6. The van der Waals surface area contributed by atoms with Crippen LogP contribution in [0.25, 0.3) is 0 Å². The van der Waals surface area contributed by atoms with Crippen molar-refractivity contribution in [1.29, 1.82) is 0 Å². The first-order chi connectivity index (χ1) is 18.6. The van der Waals surface area contributed by atoms with Crippen molar-refractivity contribution >= 4 is 33.2 Å². The van der Waals surface area contributed by atoms with Crippen molar-refractivity contribution in [2.45, 2.75) is 24.7 Å². The number of amides is 1. The Morgan fingerprint density at radius 3 is 2.55 bits per heavy atom. The lowest BCUT2D eigenvalue weighted by Gasteiger charge is -2.44. The van der Waals surface area contributed by atoms with Crippen molar-refractivity contribution in [3.05, 3.63) is 124 Å². The number of carbonyl (C=O) groups is 1. The predicted molar refractivity (Wildman–Crippen MR) is 149 cm³/mol. The van der Waals surface area contributed by atoms with Crippen LogP contribution in [0, 0.1) is 0 Å². The van der Waals surface area contributed by atoms with Crippen molar-refractivity contribution < 1.29 is 14.3 Å². The van der Waals surface area contributed by atoms with Crippen LogP contribution in [-0.2, 0) is 17.1 Å². The van der Waals surface area contributed by atoms with E-state index < -0.39 is 5.72 Å². The fourth-order valence-electron chi connectivity index (χ4n) is 5.73. The standard InChI is InChI=1S/C31H24BrN3O3/c1-37-23-14-11-21(12-15-23)26-18-28-24-17-22(32)13-16-29(24)38-31(35(28)33-26)25-9-5-6-10-27(25)34(30(31)36)19-20-7-3-2-4-8-20/h2-17,28H,18-19H2,1H3. The van der Waals surface area contributed by atoms with Crippen molar-refractivity contribution in [2.75, 3.05) is 12.0 Å². The van der Waals surface area contributed by atoms with Gasteiger partial charge in [-0.3, -0.25) is 4.79 Å². The van der Waals surface area contributed by atoms with Crippen LogP contribution >= 0.6 is 15.9 Å². The van der Waals surface area contributed by atoms with Crippen molar-refractivity contribution in [2.24, 2.45) is 5.10 Å². The Morgan fingerprint density at radius 2 is 1.76 bits per heavy atom. The number of anilines is 1. The van der Waals surface area contributed by atoms with Gasteiger partial charge in [0, 0.05) is 16.5 Å².